The van der Waals surface area contributed by atoms with Crippen LogP contribution in [0.25, 0.3) is 0 Å². The van der Waals surface area contributed by atoms with Crippen molar-refractivity contribution in [3.8, 4) is 0 Å². The maximum absolute atomic E-state index is 7.18. The van der Waals surface area contributed by atoms with Crippen LogP contribution in [0, 0.1) is 29.6 Å². The maximum Gasteiger partial charge on any atom is 0.0858 e. The number of rotatable bonds is 15. The molecule has 0 spiro atoms. The van der Waals surface area contributed by atoms with Gasteiger partial charge in [0.05, 0.1) is 6.10 Å². The molecule has 4 aromatic carbocycles. The van der Waals surface area contributed by atoms with Gasteiger partial charge in [0.25, 0.3) is 0 Å². The van der Waals surface area contributed by atoms with Crippen molar-refractivity contribution in [2.45, 2.75) is 90.6 Å². The average molecular weight is 601 g/mol. The van der Waals surface area contributed by atoms with E-state index >= 15 is 0 Å². The highest BCUT2D eigenvalue weighted by molar-refractivity contribution is 5.40. The van der Waals surface area contributed by atoms with E-state index in [1.165, 1.54) is 54.4 Å². The van der Waals surface area contributed by atoms with Crippen LogP contribution in [0.4, 0.5) is 0 Å². The third kappa shape index (κ3) is 8.17. The first-order valence-electron chi connectivity index (χ1n) is 17.8. The molecule has 45 heavy (non-hydrogen) atoms. The molecule has 1 fully saturated rings. The lowest BCUT2D eigenvalue weighted by atomic mass is 9.57. The summed E-state index contributed by atoms with van der Waals surface area (Å²) in [7, 11) is 0. The second-order valence-electron chi connectivity index (χ2n) is 14.2. The Morgan fingerprint density at radius 3 is 1.67 bits per heavy atom. The van der Waals surface area contributed by atoms with Crippen molar-refractivity contribution in [2.75, 3.05) is 6.61 Å². The van der Waals surface area contributed by atoms with Crippen LogP contribution in [0.15, 0.2) is 121 Å². The van der Waals surface area contributed by atoms with Crippen LogP contribution in [0.2, 0.25) is 0 Å². The van der Waals surface area contributed by atoms with Gasteiger partial charge in [0.15, 0.2) is 0 Å². The highest BCUT2D eigenvalue weighted by Gasteiger charge is 2.46. The summed E-state index contributed by atoms with van der Waals surface area (Å²) in [5.74, 6) is 2.59. The van der Waals surface area contributed by atoms with Gasteiger partial charge in [0.2, 0.25) is 0 Å². The molecule has 0 radical (unpaired) electrons. The molecule has 1 nitrogen and oxygen atoms in total. The molecule has 0 bridgehead atoms. The molecule has 0 heterocycles. The fourth-order valence-electron chi connectivity index (χ4n) is 8.51. The molecule has 0 aromatic heterocycles. The summed E-state index contributed by atoms with van der Waals surface area (Å²) in [4.78, 5) is 0. The third-order valence-electron chi connectivity index (χ3n) is 10.9. The zero-order valence-electron chi connectivity index (χ0n) is 28.3. The summed E-state index contributed by atoms with van der Waals surface area (Å²) in [6.45, 7) is 10.6. The summed E-state index contributed by atoms with van der Waals surface area (Å²) in [5, 5.41) is 0. The highest BCUT2D eigenvalue weighted by atomic mass is 16.5. The van der Waals surface area contributed by atoms with Crippen LogP contribution in [0.5, 0.6) is 0 Å². The van der Waals surface area contributed by atoms with E-state index in [1.807, 2.05) is 0 Å². The van der Waals surface area contributed by atoms with Crippen LogP contribution in [-0.4, -0.2) is 6.61 Å². The van der Waals surface area contributed by atoms with Crippen LogP contribution >= 0.6 is 0 Å². The van der Waals surface area contributed by atoms with Crippen LogP contribution in [-0.2, 0) is 16.6 Å². The molecular formula is C44H56O. The van der Waals surface area contributed by atoms with Gasteiger partial charge >= 0.3 is 0 Å². The SMILES string of the molecule is CC(C)C(CC(c1ccccc1)(c1ccccc1)C(C)C)C(C1CCCCC1)C(OCCCc1ccccc1)c1ccccc1. The van der Waals surface area contributed by atoms with Gasteiger partial charge in [-0.3, -0.25) is 0 Å². The number of ether oxygens (including phenoxy) is 1. The van der Waals surface area contributed by atoms with Gasteiger partial charge in [-0.05, 0) is 71.1 Å². The van der Waals surface area contributed by atoms with Gasteiger partial charge < -0.3 is 4.74 Å². The Labute approximate surface area is 274 Å². The fraction of sp³-hybridized carbons (Fsp3) is 0.455. The fourth-order valence-corrected chi connectivity index (χ4v) is 8.51. The van der Waals surface area contributed by atoms with Crippen molar-refractivity contribution >= 4 is 0 Å². The Bertz CT molecular complexity index is 1320. The van der Waals surface area contributed by atoms with E-state index in [0.29, 0.717) is 29.6 Å². The molecule has 1 aliphatic carbocycles. The van der Waals surface area contributed by atoms with Crippen LogP contribution < -0.4 is 0 Å². The zero-order valence-corrected chi connectivity index (χ0v) is 28.3. The van der Waals surface area contributed by atoms with E-state index in [-0.39, 0.29) is 11.5 Å². The van der Waals surface area contributed by atoms with Crippen molar-refractivity contribution in [3.63, 3.8) is 0 Å². The average Bonchev–Trinajstić information content (AvgIpc) is 3.09. The van der Waals surface area contributed by atoms with E-state index in [0.717, 1.165) is 25.9 Å². The van der Waals surface area contributed by atoms with E-state index in [2.05, 4.69) is 149 Å². The van der Waals surface area contributed by atoms with Crippen LogP contribution in [0.3, 0.4) is 0 Å². The largest absolute Gasteiger partial charge is 0.373 e. The zero-order chi connectivity index (χ0) is 31.5. The minimum atomic E-state index is -0.0844. The normalized spacial score (nSPS) is 16.5. The first kappa shape index (κ1) is 33.2. The third-order valence-corrected chi connectivity index (χ3v) is 10.9. The quantitative estimate of drug-likeness (QED) is 0.123. The predicted molar refractivity (Wildman–Crippen MR) is 191 cm³/mol. The van der Waals surface area contributed by atoms with E-state index in [9.17, 15) is 0 Å². The summed E-state index contributed by atoms with van der Waals surface area (Å²) in [5.41, 5.74) is 5.55. The molecule has 0 amide bonds. The molecule has 1 heteroatoms. The van der Waals surface area contributed by atoms with Gasteiger partial charge in [-0.15, -0.1) is 0 Å². The molecule has 3 unspecified atom stereocenters. The summed E-state index contributed by atoms with van der Waals surface area (Å²) < 4.78 is 7.18. The van der Waals surface area contributed by atoms with E-state index < -0.39 is 0 Å². The predicted octanol–water partition coefficient (Wildman–Crippen LogP) is 11.9. The maximum atomic E-state index is 7.18. The lowest BCUT2D eigenvalue weighted by Gasteiger charge is -2.48. The second-order valence-corrected chi connectivity index (χ2v) is 14.2. The lowest BCUT2D eigenvalue weighted by molar-refractivity contribution is -0.0559. The smallest absolute Gasteiger partial charge is 0.0858 e. The van der Waals surface area contributed by atoms with Crippen molar-refractivity contribution in [1.29, 1.82) is 0 Å². The van der Waals surface area contributed by atoms with Crippen molar-refractivity contribution < 1.29 is 4.74 Å². The summed E-state index contributed by atoms with van der Waals surface area (Å²) in [6.07, 6.45) is 9.99. The summed E-state index contributed by atoms with van der Waals surface area (Å²) >= 11 is 0. The molecule has 238 valence electrons. The topological polar surface area (TPSA) is 9.23 Å². The molecule has 4 aromatic rings. The standard InChI is InChI=1S/C44H56O/c1-34(2)41(33-44(35(3)4,39-28-16-8-17-29-39)40-30-18-9-19-31-40)42(37-24-12-6-13-25-37)43(38-26-14-7-15-27-38)45-32-20-23-36-21-10-5-11-22-36/h5,7-11,14-19,21-22,26-31,34-35,37,41-43H,6,12-13,20,23-25,32-33H2,1-4H3. The first-order chi connectivity index (χ1) is 22.0. The second kappa shape index (κ2) is 16.4. The van der Waals surface area contributed by atoms with E-state index in [4.69, 9.17) is 4.74 Å². The van der Waals surface area contributed by atoms with Gasteiger partial charge in [-0.25, -0.2) is 0 Å². The summed E-state index contributed by atoms with van der Waals surface area (Å²) in [6, 6.07) is 44.9. The monoisotopic (exact) mass is 600 g/mol. The Hall–Kier alpha value is -3.16. The molecule has 0 aliphatic heterocycles. The number of aryl methyl sites for hydroxylation is 1. The highest BCUT2D eigenvalue weighted by Crippen LogP contribution is 2.52. The Balaban J connectivity index is 1.56. The number of hydrogen-bond acceptors (Lipinski definition) is 1. The molecule has 0 N–H and O–H groups in total. The number of benzene rings is 4. The Kier molecular flexibility index (Phi) is 12.1. The molecule has 5 rings (SSSR count). The van der Waals surface area contributed by atoms with Crippen molar-refractivity contribution in [2.24, 2.45) is 29.6 Å². The van der Waals surface area contributed by atoms with Gasteiger partial charge in [-0.2, -0.15) is 0 Å². The van der Waals surface area contributed by atoms with E-state index in [1.54, 1.807) is 0 Å². The number of hydrogen-bond donors (Lipinski definition) is 0. The van der Waals surface area contributed by atoms with Crippen molar-refractivity contribution in [1.82, 2.24) is 0 Å². The lowest BCUT2D eigenvalue weighted by Crippen LogP contribution is -2.42. The minimum Gasteiger partial charge on any atom is -0.373 e. The Morgan fingerprint density at radius 2 is 1.16 bits per heavy atom. The minimum absolute atomic E-state index is 0.0844. The van der Waals surface area contributed by atoms with Crippen LogP contribution in [0.1, 0.15) is 101 Å². The molecule has 0 saturated heterocycles. The molecule has 1 aliphatic rings. The van der Waals surface area contributed by atoms with Gasteiger partial charge in [-0.1, -0.05) is 181 Å². The van der Waals surface area contributed by atoms with Gasteiger partial charge in [0, 0.05) is 12.0 Å². The first-order valence-corrected chi connectivity index (χ1v) is 17.8. The van der Waals surface area contributed by atoms with Gasteiger partial charge in [0.1, 0.15) is 0 Å². The molecule has 1 saturated carbocycles. The van der Waals surface area contributed by atoms with Crippen molar-refractivity contribution in [3.05, 3.63) is 144 Å². The molecular weight excluding hydrogens is 544 g/mol. The Morgan fingerprint density at radius 1 is 0.644 bits per heavy atom. The molecule has 3 atom stereocenters.